The van der Waals surface area contributed by atoms with Gasteiger partial charge in [-0.05, 0) is 57.5 Å². The lowest BCUT2D eigenvalue weighted by Crippen LogP contribution is -2.39. The average Bonchev–Trinajstić information content (AvgIpc) is 3.22. The number of carbonyl (C=O) groups is 1. The van der Waals surface area contributed by atoms with Gasteiger partial charge in [-0.25, -0.2) is 0 Å². The van der Waals surface area contributed by atoms with E-state index >= 15 is 0 Å². The number of hydrogen-bond donors (Lipinski definition) is 1. The molecule has 0 aromatic heterocycles. The van der Waals surface area contributed by atoms with Crippen LogP contribution in [0.25, 0.3) is 0 Å². The zero-order chi connectivity index (χ0) is 13.9. The zero-order valence-electron chi connectivity index (χ0n) is 13.6. The van der Waals surface area contributed by atoms with E-state index in [9.17, 15) is 4.79 Å². The van der Waals surface area contributed by atoms with Gasteiger partial charge < -0.3 is 10.2 Å². The van der Waals surface area contributed by atoms with Crippen molar-refractivity contribution < 1.29 is 4.79 Å². The van der Waals surface area contributed by atoms with Gasteiger partial charge in [-0.15, -0.1) is 24.8 Å². The van der Waals surface area contributed by atoms with Crippen LogP contribution < -0.4 is 5.32 Å². The Bertz CT molecular complexity index is 346. The summed E-state index contributed by atoms with van der Waals surface area (Å²) in [7, 11) is 2.02. The lowest BCUT2D eigenvalue weighted by molar-refractivity contribution is -0.132. The standard InChI is InChI=1S/C16H29N3O.2ClH/c1-18(15-8-11-19(12-15)14-3-4-14)16(20)5-2-13-6-9-17-10-7-13;;/h13-15,17H,2-12H2,1H3;2*1H. The molecule has 22 heavy (non-hydrogen) atoms. The van der Waals surface area contributed by atoms with Crippen molar-refractivity contribution in [3.63, 3.8) is 0 Å². The van der Waals surface area contributed by atoms with Gasteiger partial charge in [0.1, 0.15) is 0 Å². The smallest absolute Gasteiger partial charge is 0.222 e. The van der Waals surface area contributed by atoms with Crippen molar-refractivity contribution >= 4 is 30.7 Å². The molecule has 1 aliphatic carbocycles. The van der Waals surface area contributed by atoms with E-state index in [-0.39, 0.29) is 24.8 Å². The third-order valence-corrected chi connectivity index (χ3v) is 5.42. The van der Waals surface area contributed by atoms with Crippen molar-refractivity contribution in [2.45, 2.75) is 57.0 Å². The van der Waals surface area contributed by atoms with Crippen LogP contribution in [0.4, 0.5) is 0 Å². The summed E-state index contributed by atoms with van der Waals surface area (Å²) in [5.74, 6) is 1.13. The summed E-state index contributed by atoms with van der Waals surface area (Å²) in [6.07, 6.45) is 8.25. The van der Waals surface area contributed by atoms with Crippen molar-refractivity contribution in [2.75, 3.05) is 33.2 Å². The maximum absolute atomic E-state index is 12.4. The molecule has 3 rings (SSSR count). The molecule has 1 amide bonds. The molecule has 1 saturated carbocycles. The maximum atomic E-state index is 12.4. The number of rotatable bonds is 5. The quantitative estimate of drug-likeness (QED) is 0.825. The number of likely N-dealkylation sites (tertiary alicyclic amines) is 1. The molecule has 2 saturated heterocycles. The molecule has 3 aliphatic rings. The van der Waals surface area contributed by atoms with E-state index in [0.717, 1.165) is 44.4 Å². The van der Waals surface area contributed by atoms with Gasteiger partial charge in [-0.1, -0.05) is 0 Å². The summed E-state index contributed by atoms with van der Waals surface area (Å²) >= 11 is 0. The van der Waals surface area contributed by atoms with E-state index in [1.807, 2.05) is 11.9 Å². The van der Waals surface area contributed by atoms with Gasteiger partial charge in [0.15, 0.2) is 0 Å². The first-order valence-corrected chi connectivity index (χ1v) is 8.44. The van der Waals surface area contributed by atoms with Gasteiger partial charge >= 0.3 is 0 Å². The molecule has 4 nitrogen and oxygen atoms in total. The van der Waals surface area contributed by atoms with Gasteiger partial charge in [0.05, 0.1) is 0 Å². The third kappa shape index (κ3) is 5.26. The lowest BCUT2D eigenvalue weighted by atomic mass is 9.93. The highest BCUT2D eigenvalue weighted by molar-refractivity contribution is 5.85. The van der Waals surface area contributed by atoms with Crippen LogP contribution in [0.5, 0.6) is 0 Å². The van der Waals surface area contributed by atoms with E-state index in [1.54, 1.807) is 0 Å². The highest BCUT2D eigenvalue weighted by Crippen LogP contribution is 2.31. The van der Waals surface area contributed by atoms with Crippen LogP contribution in [0.3, 0.4) is 0 Å². The molecule has 1 atom stereocenters. The number of nitrogens with zero attached hydrogens (tertiary/aromatic N) is 2. The van der Waals surface area contributed by atoms with Crippen LogP contribution in [0.15, 0.2) is 0 Å². The minimum Gasteiger partial charge on any atom is -0.341 e. The Morgan fingerprint density at radius 1 is 1.14 bits per heavy atom. The van der Waals surface area contributed by atoms with Gasteiger partial charge in [-0.2, -0.15) is 0 Å². The maximum Gasteiger partial charge on any atom is 0.222 e. The normalized spacial score (nSPS) is 26.1. The summed E-state index contributed by atoms with van der Waals surface area (Å²) in [5, 5.41) is 3.39. The zero-order valence-corrected chi connectivity index (χ0v) is 15.3. The third-order valence-electron chi connectivity index (χ3n) is 5.42. The van der Waals surface area contributed by atoms with Crippen LogP contribution in [0.1, 0.15) is 44.9 Å². The van der Waals surface area contributed by atoms with E-state index in [0.29, 0.717) is 11.9 Å². The summed E-state index contributed by atoms with van der Waals surface area (Å²) in [5.41, 5.74) is 0. The van der Waals surface area contributed by atoms with Gasteiger partial charge in [-0.3, -0.25) is 9.69 Å². The number of halogens is 2. The Morgan fingerprint density at radius 3 is 2.45 bits per heavy atom. The first kappa shape index (κ1) is 20.0. The summed E-state index contributed by atoms with van der Waals surface area (Å²) in [6.45, 7) is 4.57. The molecule has 6 heteroatoms. The van der Waals surface area contributed by atoms with Crippen molar-refractivity contribution in [3.8, 4) is 0 Å². The van der Waals surface area contributed by atoms with Gasteiger partial charge in [0.2, 0.25) is 5.91 Å². The largest absolute Gasteiger partial charge is 0.341 e. The summed E-state index contributed by atoms with van der Waals surface area (Å²) < 4.78 is 0. The number of likely N-dealkylation sites (N-methyl/N-ethyl adjacent to an activating group) is 1. The Morgan fingerprint density at radius 2 is 1.82 bits per heavy atom. The van der Waals surface area contributed by atoms with Crippen molar-refractivity contribution in [1.82, 2.24) is 15.1 Å². The highest BCUT2D eigenvalue weighted by Gasteiger charge is 2.36. The molecule has 0 aromatic rings. The minimum atomic E-state index is 0. The molecule has 3 fully saturated rings. The van der Waals surface area contributed by atoms with E-state index in [4.69, 9.17) is 0 Å². The molecular formula is C16H31Cl2N3O. The number of nitrogens with one attached hydrogen (secondary N) is 1. The minimum absolute atomic E-state index is 0. The van der Waals surface area contributed by atoms with Crippen LogP contribution in [-0.4, -0.2) is 61.0 Å². The molecule has 0 radical (unpaired) electrons. The fourth-order valence-electron chi connectivity index (χ4n) is 3.73. The van der Waals surface area contributed by atoms with Crippen molar-refractivity contribution in [2.24, 2.45) is 5.92 Å². The van der Waals surface area contributed by atoms with Crippen LogP contribution >= 0.6 is 24.8 Å². The first-order valence-electron chi connectivity index (χ1n) is 8.44. The van der Waals surface area contributed by atoms with Crippen molar-refractivity contribution in [3.05, 3.63) is 0 Å². The molecule has 130 valence electrons. The Balaban J connectivity index is 0.00000121. The highest BCUT2D eigenvalue weighted by atomic mass is 35.5. The number of hydrogen-bond acceptors (Lipinski definition) is 3. The second kappa shape index (κ2) is 9.31. The Hall–Kier alpha value is -0.0300. The van der Waals surface area contributed by atoms with Crippen molar-refractivity contribution in [1.29, 1.82) is 0 Å². The van der Waals surface area contributed by atoms with Gasteiger partial charge in [0, 0.05) is 38.6 Å². The van der Waals surface area contributed by atoms with Crippen LogP contribution in [0, 0.1) is 5.92 Å². The predicted molar refractivity (Wildman–Crippen MR) is 95.1 cm³/mol. The summed E-state index contributed by atoms with van der Waals surface area (Å²) in [4.78, 5) is 17.0. The molecule has 2 heterocycles. The predicted octanol–water partition coefficient (Wildman–Crippen LogP) is 2.30. The fraction of sp³-hybridized carbons (Fsp3) is 0.938. The molecule has 0 bridgehead atoms. The Kier molecular flexibility index (Phi) is 8.47. The molecule has 1 N–H and O–H groups in total. The Labute approximate surface area is 147 Å². The molecule has 2 aliphatic heterocycles. The van der Waals surface area contributed by atoms with E-state index < -0.39 is 0 Å². The fourth-order valence-corrected chi connectivity index (χ4v) is 3.73. The first-order chi connectivity index (χ1) is 9.74. The van der Waals surface area contributed by atoms with E-state index in [1.165, 1.54) is 38.6 Å². The second-order valence-corrected chi connectivity index (χ2v) is 6.91. The van der Waals surface area contributed by atoms with Crippen LogP contribution in [-0.2, 0) is 4.79 Å². The number of piperidine rings is 1. The topological polar surface area (TPSA) is 35.6 Å². The SMILES string of the molecule is CN(C(=O)CCC1CCNCC1)C1CCN(C2CC2)C1.Cl.Cl. The second-order valence-electron chi connectivity index (χ2n) is 6.91. The molecule has 0 spiro atoms. The molecular weight excluding hydrogens is 321 g/mol. The van der Waals surface area contributed by atoms with Gasteiger partial charge in [0.25, 0.3) is 0 Å². The number of carbonyl (C=O) groups excluding carboxylic acids is 1. The number of amides is 1. The molecule has 0 aromatic carbocycles. The monoisotopic (exact) mass is 351 g/mol. The summed E-state index contributed by atoms with van der Waals surface area (Å²) in [6, 6.07) is 1.31. The van der Waals surface area contributed by atoms with E-state index in [2.05, 4.69) is 10.2 Å². The van der Waals surface area contributed by atoms with Crippen LogP contribution in [0.2, 0.25) is 0 Å². The molecule has 1 unspecified atom stereocenters. The lowest BCUT2D eigenvalue weighted by Gasteiger charge is -2.27. The average molecular weight is 352 g/mol.